The Morgan fingerprint density at radius 2 is 2.25 bits per heavy atom. The van der Waals surface area contributed by atoms with Gasteiger partial charge in [0.05, 0.1) is 5.92 Å². The Kier molecular flexibility index (Phi) is 3.19. The molecule has 86 valence electrons. The third-order valence-electron chi connectivity index (χ3n) is 3.34. The topological polar surface area (TPSA) is 53.4 Å². The van der Waals surface area contributed by atoms with Crippen molar-refractivity contribution in [1.29, 1.82) is 0 Å². The Morgan fingerprint density at radius 1 is 1.56 bits per heavy atom. The summed E-state index contributed by atoms with van der Waals surface area (Å²) in [6.07, 6.45) is 4.29. The standard InChI is InChI=1S/C12H16N2O2/c1-9-11(12(15)16)4-7-14(9)8-10-2-5-13-6-3-10/h2-3,5-6,9,11H,4,7-8H2,1H3,(H,15,16). The van der Waals surface area contributed by atoms with Crippen LogP contribution in [0.15, 0.2) is 24.5 Å². The number of carboxylic acid groups (broad SMARTS) is 1. The third kappa shape index (κ3) is 2.22. The van der Waals surface area contributed by atoms with E-state index in [1.807, 2.05) is 19.1 Å². The number of carboxylic acids is 1. The Bertz CT molecular complexity index is 367. The number of hydrogen-bond donors (Lipinski definition) is 1. The maximum absolute atomic E-state index is 11.0. The maximum Gasteiger partial charge on any atom is 0.308 e. The molecule has 0 bridgehead atoms. The molecule has 0 aromatic carbocycles. The molecule has 0 aliphatic carbocycles. The lowest BCUT2D eigenvalue weighted by atomic mass is 10.0. The molecule has 1 aliphatic rings. The van der Waals surface area contributed by atoms with Crippen LogP contribution in [0.1, 0.15) is 18.9 Å². The summed E-state index contributed by atoms with van der Waals surface area (Å²) in [5.74, 6) is -0.897. The predicted octanol–water partition coefficient (Wildman–Crippen LogP) is 1.38. The molecule has 1 aliphatic heterocycles. The van der Waals surface area contributed by atoms with Gasteiger partial charge < -0.3 is 5.11 Å². The summed E-state index contributed by atoms with van der Waals surface area (Å²) < 4.78 is 0. The van der Waals surface area contributed by atoms with Crippen molar-refractivity contribution in [2.24, 2.45) is 5.92 Å². The van der Waals surface area contributed by atoms with Crippen LogP contribution in [0.3, 0.4) is 0 Å². The van der Waals surface area contributed by atoms with Crippen LogP contribution in [-0.2, 0) is 11.3 Å². The van der Waals surface area contributed by atoms with Crippen LogP contribution in [0.5, 0.6) is 0 Å². The predicted molar refractivity (Wildman–Crippen MR) is 59.9 cm³/mol. The molecule has 2 heterocycles. The summed E-state index contributed by atoms with van der Waals surface area (Å²) in [5, 5.41) is 9.03. The quantitative estimate of drug-likeness (QED) is 0.836. The fourth-order valence-electron chi connectivity index (χ4n) is 2.28. The van der Waals surface area contributed by atoms with Crippen LogP contribution in [-0.4, -0.2) is 33.5 Å². The number of carbonyl (C=O) groups is 1. The Morgan fingerprint density at radius 3 is 2.81 bits per heavy atom. The second-order valence-electron chi connectivity index (χ2n) is 4.30. The zero-order valence-electron chi connectivity index (χ0n) is 9.34. The molecule has 4 heteroatoms. The molecule has 0 radical (unpaired) electrons. The van der Waals surface area contributed by atoms with E-state index < -0.39 is 5.97 Å². The van der Waals surface area contributed by atoms with Gasteiger partial charge in [0.15, 0.2) is 0 Å². The van der Waals surface area contributed by atoms with Gasteiger partial charge in [0, 0.05) is 25.0 Å². The molecule has 2 atom stereocenters. The van der Waals surface area contributed by atoms with Crippen LogP contribution < -0.4 is 0 Å². The molecule has 2 unspecified atom stereocenters. The highest BCUT2D eigenvalue weighted by molar-refractivity contribution is 5.71. The third-order valence-corrected chi connectivity index (χ3v) is 3.34. The molecule has 16 heavy (non-hydrogen) atoms. The highest BCUT2D eigenvalue weighted by Gasteiger charge is 2.35. The van der Waals surface area contributed by atoms with E-state index in [1.54, 1.807) is 12.4 Å². The zero-order valence-corrected chi connectivity index (χ0v) is 9.34. The molecule has 0 saturated carbocycles. The van der Waals surface area contributed by atoms with Crippen molar-refractivity contribution in [3.8, 4) is 0 Å². The van der Waals surface area contributed by atoms with Crippen LogP contribution in [0, 0.1) is 5.92 Å². The summed E-state index contributed by atoms with van der Waals surface area (Å²) in [7, 11) is 0. The van der Waals surface area contributed by atoms with Gasteiger partial charge in [0.25, 0.3) is 0 Å². The molecular formula is C12H16N2O2. The highest BCUT2D eigenvalue weighted by Crippen LogP contribution is 2.25. The number of aromatic nitrogens is 1. The minimum atomic E-state index is -0.676. The van der Waals surface area contributed by atoms with E-state index in [4.69, 9.17) is 5.11 Å². The van der Waals surface area contributed by atoms with E-state index >= 15 is 0 Å². The minimum Gasteiger partial charge on any atom is -0.481 e. The van der Waals surface area contributed by atoms with Crippen LogP contribution in [0.2, 0.25) is 0 Å². The van der Waals surface area contributed by atoms with Crippen molar-refractivity contribution < 1.29 is 9.90 Å². The first-order valence-corrected chi connectivity index (χ1v) is 5.54. The number of rotatable bonds is 3. The van der Waals surface area contributed by atoms with Crippen molar-refractivity contribution in [3.63, 3.8) is 0 Å². The Labute approximate surface area is 94.9 Å². The molecule has 0 amide bonds. The molecule has 1 fully saturated rings. The number of likely N-dealkylation sites (tertiary alicyclic amines) is 1. The first kappa shape index (κ1) is 11.1. The van der Waals surface area contributed by atoms with Gasteiger partial charge in [0.1, 0.15) is 0 Å². The van der Waals surface area contributed by atoms with E-state index in [9.17, 15) is 4.79 Å². The largest absolute Gasteiger partial charge is 0.481 e. The molecule has 1 saturated heterocycles. The van der Waals surface area contributed by atoms with E-state index in [-0.39, 0.29) is 12.0 Å². The lowest BCUT2D eigenvalue weighted by Gasteiger charge is -2.22. The smallest absolute Gasteiger partial charge is 0.308 e. The molecule has 2 rings (SSSR count). The Balaban J connectivity index is 2.00. The summed E-state index contributed by atoms with van der Waals surface area (Å²) in [5.41, 5.74) is 1.19. The van der Waals surface area contributed by atoms with E-state index in [0.717, 1.165) is 19.5 Å². The summed E-state index contributed by atoms with van der Waals surface area (Å²) in [4.78, 5) is 17.2. The summed E-state index contributed by atoms with van der Waals surface area (Å²) in [6, 6.07) is 4.06. The molecule has 1 N–H and O–H groups in total. The van der Waals surface area contributed by atoms with Crippen molar-refractivity contribution in [3.05, 3.63) is 30.1 Å². The van der Waals surface area contributed by atoms with Crippen molar-refractivity contribution >= 4 is 5.97 Å². The number of hydrogen-bond acceptors (Lipinski definition) is 3. The zero-order chi connectivity index (χ0) is 11.5. The highest BCUT2D eigenvalue weighted by atomic mass is 16.4. The van der Waals surface area contributed by atoms with Gasteiger partial charge in [-0.25, -0.2) is 0 Å². The van der Waals surface area contributed by atoms with Gasteiger partial charge in [-0.3, -0.25) is 14.7 Å². The van der Waals surface area contributed by atoms with Gasteiger partial charge in [-0.15, -0.1) is 0 Å². The molecule has 1 aromatic rings. The van der Waals surface area contributed by atoms with Crippen LogP contribution in [0.25, 0.3) is 0 Å². The molecular weight excluding hydrogens is 204 g/mol. The Hall–Kier alpha value is -1.42. The maximum atomic E-state index is 11.0. The van der Waals surface area contributed by atoms with Crippen LogP contribution in [0.4, 0.5) is 0 Å². The van der Waals surface area contributed by atoms with Crippen molar-refractivity contribution in [2.45, 2.75) is 25.9 Å². The van der Waals surface area contributed by atoms with Gasteiger partial charge in [-0.1, -0.05) is 0 Å². The second kappa shape index (κ2) is 4.61. The van der Waals surface area contributed by atoms with Crippen molar-refractivity contribution in [2.75, 3.05) is 6.54 Å². The fourth-order valence-corrected chi connectivity index (χ4v) is 2.28. The number of aliphatic carboxylic acids is 1. The van der Waals surface area contributed by atoms with Gasteiger partial charge in [-0.2, -0.15) is 0 Å². The monoisotopic (exact) mass is 220 g/mol. The van der Waals surface area contributed by atoms with Crippen molar-refractivity contribution in [1.82, 2.24) is 9.88 Å². The summed E-state index contributed by atoms with van der Waals surface area (Å²) >= 11 is 0. The first-order valence-electron chi connectivity index (χ1n) is 5.54. The normalized spacial score (nSPS) is 25.8. The fraction of sp³-hybridized carbons (Fsp3) is 0.500. The second-order valence-corrected chi connectivity index (χ2v) is 4.30. The average molecular weight is 220 g/mol. The molecule has 4 nitrogen and oxygen atoms in total. The number of nitrogens with zero attached hydrogens (tertiary/aromatic N) is 2. The molecule has 1 aromatic heterocycles. The van der Waals surface area contributed by atoms with E-state index in [1.165, 1.54) is 5.56 Å². The average Bonchev–Trinajstić information content (AvgIpc) is 2.62. The first-order chi connectivity index (χ1) is 7.68. The van der Waals surface area contributed by atoms with E-state index in [0.29, 0.717) is 0 Å². The SMILES string of the molecule is CC1C(C(=O)O)CCN1Cc1ccncc1. The van der Waals surface area contributed by atoms with Gasteiger partial charge >= 0.3 is 5.97 Å². The van der Waals surface area contributed by atoms with Gasteiger partial charge in [-0.05, 0) is 37.6 Å². The minimum absolute atomic E-state index is 0.116. The van der Waals surface area contributed by atoms with Gasteiger partial charge in [0.2, 0.25) is 0 Å². The van der Waals surface area contributed by atoms with E-state index in [2.05, 4.69) is 9.88 Å². The summed E-state index contributed by atoms with van der Waals surface area (Å²) in [6.45, 7) is 3.67. The number of pyridine rings is 1. The lowest BCUT2D eigenvalue weighted by molar-refractivity contribution is -0.142. The van der Waals surface area contributed by atoms with Crippen LogP contribution >= 0.6 is 0 Å². The molecule has 0 spiro atoms. The lowest BCUT2D eigenvalue weighted by Crippen LogP contribution is -2.32.